The lowest BCUT2D eigenvalue weighted by molar-refractivity contribution is 0.189. The summed E-state index contributed by atoms with van der Waals surface area (Å²) >= 11 is 5.69. The Morgan fingerprint density at radius 1 is 1.41 bits per heavy atom. The highest BCUT2D eigenvalue weighted by atomic mass is 35.5. The van der Waals surface area contributed by atoms with Crippen molar-refractivity contribution in [3.63, 3.8) is 0 Å². The van der Waals surface area contributed by atoms with E-state index in [1.807, 2.05) is 22.9 Å². The first-order chi connectivity index (χ1) is 8.08. The van der Waals surface area contributed by atoms with Crippen LogP contribution in [0.25, 0.3) is 0 Å². The number of nitrogens with zero attached hydrogens (tertiary/aromatic N) is 1. The zero-order chi connectivity index (χ0) is 12.4. The predicted molar refractivity (Wildman–Crippen MR) is 65.6 cm³/mol. The van der Waals surface area contributed by atoms with Crippen molar-refractivity contribution in [1.29, 1.82) is 0 Å². The molecule has 17 heavy (non-hydrogen) atoms. The first-order valence-corrected chi connectivity index (χ1v) is 5.73. The molecule has 1 aromatic carbocycles. The van der Waals surface area contributed by atoms with Gasteiger partial charge in [-0.15, -0.1) is 0 Å². The molecule has 1 atom stereocenters. The summed E-state index contributed by atoms with van der Waals surface area (Å²) in [6.45, 7) is 2.07. The number of hydrogen-bond donors (Lipinski definition) is 1. The molecule has 0 aliphatic heterocycles. The largest absolute Gasteiger partial charge is 0.387 e. The van der Waals surface area contributed by atoms with Crippen LogP contribution in [0, 0.1) is 5.82 Å². The Balaban J connectivity index is 2.28. The van der Waals surface area contributed by atoms with E-state index in [-0.39, 0.29) is 5.82 Å². The van der Waals surface area contributed by atoms with E-state index in [4.69, 9.17) is 11.6 Å². The number of benzene rings is 1. The van der Waals surface area contributed by atoms with Crippen LogP contribution in [0.1, 0.15) is 24.3 Å². The molecule has 0 saturated carbocycles. The van der Waals surface area contributed by atoms with Crippen molar-refractivity contribution in [1.82, 2.24) is 4.57 Å². The maximum Gasteiger partial charge on any atom is 0.129 e. The number of hydrogen-bond acceptors (Lipinski definition) is 1. The summed E-state index contributed by atoms with van der Waals surface area (Å²) in [6, 6.07) is 8.26. The maximum atomic E-state index is 13.6. The molecule has 0 spiro atoms. The second kappa shape index (κ2) is 4.90. The summed E-state index contributed by atoms with van der Waals surface area (Å²) in [5.41, 5.74) is 1.31. The molecular formula is C13H13ClFNO. The van der Waals surface area contributed by atoms with Gasteiger partial charge in [0, 0.05) is 22.5 Å². The monoisotopic (exact) mass is 253 g/mol. The average molecular weight is 254 g/mol. The second-order valence-electron chi connectivity index (χ2n) is 3.97. The standard InChI is InChI=1S/C13H13ClFNO/c1-9(17)13-3-2-6-16(13)8-10-4-5-11(14)7-12(10)15/h2-7,9,17H,8H2,1H3. The molecular weight excluding hydrogens is 241 g/mol. The van der Waals surface area contributed by atoms with Crippen LogP contribution in [0.2, 0.25) is 5.02 Å². The minimum Gasteiger partial charge on any atom is -0.387 e. The molecule has 0 fully saturated rings. The molecule has 0 aliphatic rings. The van der Waals surface area contributed by atoms with Gasteiger partial charge in [-0.3, -0.25) is 0 Å². The molecule has 1 unspecified atom stereocenters. The SMILES string of the molecule is CC(O)c1cccn1Cc1ccc(Cl)cc1F. The summed E-state index contributed by atoms with van der Waals surface area (Å²) < 4.78 is 15.4. The van der Waals surface area contributed by atoms with Crippen LogP contribution in [0.5, 0.6) is 0 Å². The lowest BCUT2D eigenvalue weighted by atomic mass is 10.2. The van der Waals surface area contributed by atoms with E-state index in [0.717, 1.165) is 5.69 Å². The lowest BCUT2D eigenvalue weighted by Crippen LogP contribution is -2.07. The zero-order valence-electron chi connectivity index (χ0n) is 9.40. The zero-order valence-corrected chi connectivity index (χ0v) is 10.2. The Bertz CT molecular complexity index is 522. The highest BCUT2D eigenvalue weighted by Crippen LogP contribution is 2.19. The third-order valence-corrected chi connectivity index (χ3v) is 2.88. The van der Waals surface area contributed by atoms with Crippen LogP contribution in [0.4, 0.5) is 4.39 Å². The van der Waals surface area contributed by atoms with Crippen molar-refractivity contribution in [3.05, 3.63) is 58.6 Å². The van der Waals surface area contributed by atoms with Crippen LogP contribution in [0.15, 0.2) is 36.5 Å². The number of halogens is 2. The Kier molecular flexibility index (Phi) is 3.50. The van der Waals surface area contributed by atoms with Gasteiger partial charge in [-0.25, -0.2) is 4.39 Å². The molecule has 0 bridgehead atoms. The van der Waals surface area contributed by atoms with Crippen molar-refractivity contribution in [2.45, 2.75) is 19.6 Å². The summed E-state index contributed by atoms with van der Waals surface area (Å²) in [4.78, 5) is 0. The Morgan fingerprint density at radius 3 is 2.82 bits per heavy atom. The van der Waals surface area contributed by atoms with E-state index in [1.54, 1.807) is 19.1 Å². The van der Waals surface area contributed by atoms with Gasteiger partial charge in [0.15, 0.2) is 0 Å². The van der Waals surface area contributed by atoms with Crippen molar-refractivity contribution < 1.29 is 9.50 Å². The van der Waals surface area contributed by atoms with Gasteiger partial charge in [-0.1, -0.05) is 17.7 Å². The van der Waals surface area contributed by atoms with Crippen LogP contribution >= 0.6 is 11.6 Å². The van der Waals surface area contributed by atoms with Crippen LogP contribution in [-0.2, 0) is 6.54 Å². The molecule has 0 aliphatic carbocycles. The minimum absolute atomic E-state index is 0.331. The van der Waals surface area contributed by atoms with Crippen molar-refractivity contribution in [2.75, 3.05) is 0 Å². The second-order valence-corrected chi connectivity index (χ2v) is 4.41. The third-order valence-electron chi connectivity index (χ3n) is 2.65. The van der Waals surface area contributed by atoms with E-state index < -0.39 is 6.10 Å². The Hall–Kier alpha value is -1.32. The quantitative estimate of drug-likeness (QED) is 0.891. The first kappa shape index (κ1) is 12.1. The molecule has 2 aromatic rings. The average Bonchev–Trinajstić information content (AvgIpc) is 2.70. The molecule has 1 aromatic heterocycles. The molecule has 2 nitrogen and oxygen atoms in total. The lowest BCUT2D eigenvalue weighted by Gasteiger charge is -2.12. The third kappa shape index (κ3) is 2.68. The Labute approximate surface area is 104 Å². The van der Waals surface area contributed by atoms with Crippen molar-refractivity contribution in [3.8, 4) is 0 Å². The van der Waals surface area contributed by atoms with Gasteiger partial charge in [-0.2, -0.15) is 0 Å². The molecule has 4 heteroatoms. The molecule has 90 valence electrons. The topological polar surface area (TPSA) is 25.2 Å². The fourth-order valence-electron chi connectivity index (χ4n) is 1.78. The summed E-state index contributed by atoms with van der Waals surface area (Å²) in [7, 11) is 0. The Morgan fingerprint density at radius 2 is 2.18 bits per heavy atom. The smallest absolute Gasteiger partial charge is 0.129 e. The molecule has 1 N–H and O–H groups in total. The van der Waals surface area contributed by atoms with Gasteiger partial charge in [-0.05, 0) is 31.2 Å². The van der Waals surface area contributed by atoms with Gasteiger partial charge < -0.3 is 9.67 Å². The molecule has 2 rings (SSSR count). The van der Waals surface area contributed by atoms with E-state index in [1.165, 1.54) is 6.07 Å². The number of aromatic nitrogens is 1. The van der Waals surface area contributed by atoms with Gasteiger partial charge in [0.2, 0.25) is 0 Å². The highest BCUT2D eigenvalue weighted by Gasteiger charge is 2.09. The maximum absolute atomic E-state index is 13.6. The molecule has 0 radical (unpaired) electrons. The fourth-order valence-corrected chi connectivity index (χ4v) is 1.94. The predicted octanol–water partition coefficient (Wildman–Crippen LogP) is 3.38. The summed E-state index contributed by atoms with van der Waals surface area (Å²) in [6.07, 6.45) is 1.25. The fraction of sp³-hybridized carbons (Fsp3) is 0.231. The van der Waals surface area contributed by atoms with Crippen LogP contribution in [-0.4, -0.2) is 9.67 Å². The molecule has 0 saturated heterocycles. The van der Waals surface area contributed by atoms with Crippen LogP contribution < -0.4 is 0 Å². The first-order valence-electron chi connectivity index (χ1n) is 5.35. The van der Waals surface area contributed by atoms with Crippen molar-refractivity contribution >= 4 is 11.6 Å². The van der Waals surface area contributed by atoms with E-state index in [2.05, 4.69) is 0 Å². The van der Waals surface area contributed by atoms with Crippen LogP contribution in [0.3, 0.4) is 0 Å². The van der Waals surface area contributed by atoms with Gasteiger partial charge in [0.1, 0.15) is 5.82 Å². The number of aliphatic hydroxyl groups excluding tert-OH is 1. The van der Waals surface area contributed by atoms with E-state index >= 15 is 0 Å². The van der Waals surface area contributed by atoms with Gasteiger partial charge in [0.05, 0.1) is 12.6 Å². The number of aliphatic hydroxyl groups is 1. The van der Waals surface area contributed by atoms with Crippen molar-refractivity contribution in [2.24, 2.45) is 0 Å². The van der Waals surface area contributed by atoms with Gasteiger partial charge >= 0.3 is 0 Å². The highest BCUT2D eigenvalue weighted by molar-refractivity contribution is 6.30. The molecule has 0 amide bonds. The summed E-state index contributed by atoms with van der Waals surface area (Å²) in [5, 5.41) is 9.93. The molecule has 1 heterocycles. The van der Waals surface area contributed by atoms with E-state index in [9.17, 15) is 9.50 Å². The van der Waals surface area contributed by atoms with E-state index in [0.29, 0.717) is 17.1 Å². The number of rotatable bonds is 3. The van der Waals surface area contributed by atoms with Gasteiger partial charge in [0.25, 0.3) is 0 Å². The minimum atomic E-state index is -0.569. The normalized spacial score (nSPS) is 12.7. The summed E-state index contributed by atoms with van der Waals surface area (Å²) in [5.74, 6) is -0.331.